The van der Waals surface area contributed by atoms with E-state index in [1.165, 1.54) is 0 Å². The summed E-state index contributed by atoms with van der Waals surface area (Å²) in [5, 5.41) is 14.1. The van der Waals surface area contributed by atoms with Crippen molar-refractivity contribution in [3.05, 3.63) is 0 Å². The molecule has 1 aliphatic heterocycles. The summed E-state index contributed by atoms with van der Waals surface area (Å²) < 4.78 is 5.02. The predicted octanol–water partition coefficient (Wildman–Crippen LogP) is 0.881. The van der Waals surface area contributed by atoms with Gasteiger partial charge in [0.1, 0.15) is 11.6 Å². The minimum atomic E-state index is -1.17. The van der Waals surface area contributed by atoms with Gasteiger partial charge in [-0.3, -0.25) is 4.79 Å². The topological polar surface area (TPSA) is 105 Å². The third kappa shape index (κ3) is 5.46. The number of carbonyl (C=O) groups excluding carboxylic acids is 2. The van der Waals surface area contributed by atoms with Crippen LogP contribution in [0.3, 0.4) is 0 Å². The molecular formula is C13H22N2O5. The average molecular weight is 286 g/mol. The molecular weight excluding hydrogens is 264 g/mol. The Morgan fingerprint density at radius 1 is 1.50 bits per heavy atom. The molecule has 1 heterocycles. The Kier molecular flexibility index (Phi) is 5.35. The maximum Gasteiger partial charge on any atom is 0.408 e. The zero-order valence-corrected chi connectivity index (χ0v) is 12.1. The van der Waals surface area contributed by atoms with Crippen LogP contribution in [0.25, 0.3) is 0 Å². The van der Waals surface area contributed by atoms with Crippen LogP contribution in [0.15, 0.2) is 0 Å². The smallest absolute Gasteiger partial charge is 0.408 e. The van der Waals surface area contributed by atoms with Crippen LogP contribution in [-0.4, -0.2) is 41.3 Å². The molecule has 3 N–H and O–H groups in total. The SMILES string of the molecule is CC(C)(C)OC(=O)N[C@@H](C[C@@H]1CCCNC1=O)C(=O)O. The second-order valence-electron chi connectivity index (χ2n) is 5.90. The number of rotatable bonds is 4. The van der Waals surface area contributed by atoms with E-state index in [4.69, 9.17) is 9.84 Å². The van der Waals surface area contributed by atoms with Gasteiger partial charge in [0.2, 0.25) is 5.91 Å². The number of hydrogen-bond donors (Lipinski definition) is 3. The number of piperidine rings is 1. The number of nitrogens with one attached hydrogen (secondary N) is 2. The first-order valence-electron chi connectivity index (χ1n) is 6.69. The largest absolute Gasteiger partial charge is 0.480 e. The Morgan fingerprint density at radius 3 is 2.65 bits per heavy atom. The molecule has 0 unspecified atom stereocenters. The lowest BCUT2D eigenvalue weighted by atomic mass is 9.91. The van der Waals surface area contributed by atoms with Gasteiger partial charge in [-0.25, -0.2) is 9.59 Å². The number of aliphatic carboxylic acids is 1. The number of hydrogen-bond acceptors (Lipinski definition) is 4. The fraction of sp³-hybridized carbons (Fsp3) is 0.769. The summed E-state index contributed by atoms with van der Waals surface area (Å²) in [5.41, 5.74) is -0.699. The first kappa shape index (κ1) is 16.3. The van der Waals surface area contributed by atoms with Crippen LogP contribution in [0.2, 0.25) is 0 Å². The average Bonchev–Trinajstić information content (AvgIpc) is 2.28. The highest BCUT2D eigenvalue weighted by Crippen LogP contribution is 2.18. The van der Waals surface area contributed by atoms with Crippen molar-refractivity contribution in [1.29, 1.82) is 0 Å². The van der Waals surface area contributed by atoms with Crippen molar-refractivity contribution in [3.8, 4) is 0 Å². The summed E-state index contributed by atoms with van der Waals surface area (Å²) in [4.78, 5) is 34.4. The van der Waals surface area contributed by atoms with Gasteiger partial charge in [-0.05, 0) is 40.0 Å². The molecule has 2 amide bonds. The highest BCUT2D eigenvalue weighted by molar-refractivity contribution is 5.83. The zero-order valence-electron chi connectivity index (χ0n) is 12.1. The lowest BCUT2D eigenvalue weighted by Crippen LogP contribution is -2.47. The van der Waals surface area contributed by atoms with Gasteiger partial charge in [-0.15, -0.1) is 0 Å². The number of carboxylic acid groups (broad SMARTS) is 1. The van der Waals surface area contributed by atoms with Gasteiger partial charge in [0.25, 0.3) is 0 Å². The molecule has 20 heavy (non-hydrogen) atoms. The standard InChI is InChI=1S/C13H22N2O5/c1-13(2,3)20-12(19)15-9(11(17)18)7-8-5-4-6-14-10(8)16/h8-9H,4-7H2,1-3H3,(H,14,16)(H,15,19)(H,17,18)/t8-,9-/m0/s1. The summed E-state index contributed by atoms with van der Waals surface area (Å²) in [6, 6.07) is -1.13. The zero-order chi connectivity index (χ0) is 15.3. The van der Waals surface area contributed by atoms with Crippen molar-refractivity contribution >= 4 is 18.0 Å². The van der Waals surface area contributed by atoms with Crippen LogP contribution >= 0.6 is 0 Å². The van der Waals surface area contributed by atoms with Crippen LogP contribution in [-0.2, 0) is 14.3 Å². The number of carbonyl (C=O) groups is 3. The van der Waals surface area contributed by atoms with Gasteiger partial charge in [-0.2, -0.15) is 0 Å². The van der Waals surface area contributed by atoms with Crippen molar-refractivity contribution in [1.82, 2.24) is 10.6 Å². The van der Waals surface area contributed by atoms with Crippen molar-refractivity contribution in [2.75, 3.05) is 6.54 Å². The first-order valence-corrected chi connectivity index (χ1v) is 6.69. The maximum absolute atomic E-state index is 11.6. The third-order valence-electron chi connectivity index (χ3n) is 2.91. The lowest BCUT2D eigenvalue weighted by molar-refractivity contribution is -0.140. The van der Waals surface area contributed by atoms with Gasteiger partial charge in [-0.1, -0.05) is 0 Å². The Balaban J connectivity index is 2.58. The number of alkyl carbamates (subject to hydrolysis) is 1. The normalized spacial score (nSPS) is 20.8. The van der Waals surface area contributed by atoms with Gasteiger partial charge >= 0.3 is 12.1 Å². The number of ether oxygens (including phenoxy) is 1. The van der Waals surface area contributed by atoms with E-state index < -0.39 is 23.7 Å². The molecule has 2 atom stereocenters. The molecule has 0 saturated carbocycles. The Labute approximate surface area is 118 Å². The molecule has 0 bridgehead atoms. The van der Waals surface area contributed by atoms with Gasteiger partial charge < -0.3 is 20.5 Å². The van der Waals surface area contributed by atoms with Gasteiger partial charge in [0.15, 0.2) is 0 Å². The van der Waals surface area contributed by atoms with Crippen LogP contribution in [0, 0.1) is 5.92 Å². The van der Waals surface area contributed by atoms with E-state index in [0.29, 0.717) is 13.0 Å². The second-order valence-corrected chi connectivity index (χ2v) is 5.90. The van der Waals surface area contributed by atoms with Crippen LogP contribution in [0.4, 0.5) is 4.79 Å². The molecule has 0 aromatic rings. The maximum atomic E-state index is 11.6. The van der Waals surface area contributed by atoms with Gasteiger partial charge in [0, 0.05) is 12.5 Å². The summed E-state index contributed by atoms with van der Waals surface area (Å²) >= 11 is 0. The van der Waals surface area contributed by atoms with E-state index >= 15 is 0 Å². The Bertz CT molecular complexity index is 389. The monoisotopic (exact) mass is 286 g/mol. The molecule has 1 saturated heterocycles. The minimum absolute atomic E-state index is 0.0699. The molecule has 0 aliphatic carbocycles. The molecule has 7 nitrogen and oxygen atoms in total. The van der Waals surface area contributed by atoms with E-state index in [1.807, 2.05) is 0 Å². The summed E-state index contributed by atoms with van der Waals surface area (Å²) in [5.74, 6) is -1.72. The molecule has 7 heteroatoms. The third-order valence-corrected chi connectivity index (χ3v) is 2.91. The highest BCUT2D eigenvalue weighted by Gasteiger charge is 2.31. The van der Waals surface area contributed by atoms with E-state index in [2.05, 4.69) is 10.6 Å². The Hall–Kier alpha value is -1.79. The second kappa shape index (κ2) is 6.58. The molecule has 0 spiro atoms. The fourth-order valence-electron chi connectivity index (χ4n) is 2.02. The number of amides is 2. The van der Waals surface area contributed by atoms with Crippen LogP contribution < -0.4 is 10.6 Å². The van der Waals surface area contributed by atoms with Crippen LogP contribution in [0.1, 0.15) is 40.0 Å². The molecule has 114 valence electrons. The summed E-state index contributed by atoms with van der Waals surface area (Å²) in [6.07, 6.45) is 0.724. The number of carboxylic acids is 1. The van der Waals surface area contributed by atoms with Crippen LogP contribution in [0.5, 0.6) is 0 Å². The van der Waals surface area contributed by atoms with Gasteiger partial charge in [0.05, 0.1) is 0 Å². The molecule has 0 radical (unpaired) electrons. The minimum Gasteiger partial charge on any atom is -0.480 e. The van der Waals surface area contributed by atoms with E-state index in [1.54, 1.807) is 20.8 Å². The molecule has 1 fully saturated rings. The first-order chi connectivity index (χ1) is 9.19. The predicted molar refractivity (Wildman–Crippen MR) is 71.1 cm³/mol. The van der Waals surface area contributed by atoms with E-state index in [9.17, 15) is 14.4 Å². The van der Waals surface area contributed by atoms with E-state index in [-0.39, 0.29) is 18.2 Å². The summed E-state index contributed by atoms with van der Waals surface area (Å²) in [7, 11) is 0. The molecule has 1 rings (SSSR count). The lowest BCUT2D eigenvalue weighted by Gasteiger charge is -2.26. The molecule has 0 aromatic heterocycles. The quantitative estimate of drug-likeness (QED) is 0.711. The van der Waals surface area contributed by atoms with Crippen molar-refractivity contribution < 1.29 is 24.2 Å². The summed E-state index contributed by atoms with van der Waals surface area (Å²) in [6.45, 7) is 5.69. The van der Waals surface area contributed by atoms with Crippen molar-refractivity contribution in [3.63, 3.8) is 0 Å². The van der Waals surface area contributed by atoms with Crippen molar-refractivity contribution in [2.24, 2.45) is 5.92 Å². The highest BCUT2D eigenvalue weighted by atomic mass is 16.6. The molecule has 1 aliphatic rings. The molecule has 0 aromatic carbocycles. The fourth-order valence-corrected chi connectivity index (χ4v) is 2.02. The van der Waals surface area contributed by atoms with Crippen molar-refractivity contribution in [2.45, 2.75) is 51.7 Å². The Morgan fingerprint density at radius 2 is 2.15 bits per heavy atom. The van der Waals surface area contributed by atoms with E-state index in [0.717, 1.165) is 6.42 Å².